The van der Waals surface area contributed by atoms with E-state index in [1.165, 1.54) is 31.5 Å². The number of hydrogen-bond donors (Lipinski definition) is 3. The Kier molecular flexibility index (Phi) is 4.39. The smallest absolute Gasteiger partial charge is 0.258 e. The van der Waals surface area contributed by atoms with Crippen LogP contribution >= 0.6 is 0 Å². The van der Waals surface area contributed by atoms with E-state index in [0.717, 1.165) is 29.2 Å². The highest BCUT2D eigenvalue weighted by Crippen LogP contribution is 2.35. The molecule has 1 amide bonds. The third-order valence-electron chi connectivity index (χ3n) is 5.05. The summed E-state index contributed by atoms with van der Waals surface area (Å²) in [5.41, 5.74) is 12.0. The molecule has 2 aliphatic heterocycles. The van der Waals surface area contributed by atoms with E-state index in [0.29, 0.717) is 11.3 Å². The van der Waals surface area contributed by atoms with Crippen LogP contribution in [0, 0.1) is 0 Å². The van der Waals surface area contributed by atoms with Crippen molar-refractivity contribution in [1.82, 2.24) is 4.90 Å². The van der Waals surface area contributed by atoms with Gasteiger partial charge in [-0.3, -0.25) is 9.69 Å². The summed E-state index contributed by atoms with van der Waals surface area (Å²) in [6.45, 7) is 5.33. The van der Waals surface area contributed by atoms with Gasteiger partial charge in [0.25, 0.3) is 5.91 Å². The number of carbonyl (C=O) groups is 1. The van der Waals surface area contributed by atoms with Crippen LogP contribution in [0.1, 0.15) is 30.9 Å². The monoisotopic (exact) mass is 348 g/mol. The third-order valence-corrected chi connectivity index (χ3v) is 5.05. The Morgan fingerprint density at radius 3 is 2.62 bits per heavy atom. The summed E-state index contributed by atoms with van der Waals surface area (Å²) in [5, 5.41) is 6.25. The second-order valence-corrected chi connectivity index (χ2v) is 7.06. The number of anilines is 3. The van der Waals surface area contributed by atoms with Crippen LogP contribution in [0.3, 0.4) is 0 Å². The average molecular weight is 348 g/mol. The highest BCUT2D eigenvalue weighted by molar-refractivity contribution is 6.32. The number of amides is 1. The summed E-state index contributed by atoms with van der Waals surface area (Å²) < 4.78 is 0. The fourth-order valence-corrected chi connectivity index (χ4v) is 3.73. The summed E-state index contributed by atoms with van der Waals surface area (Å²) in [5.74, 6) is -0.0961. The highest BCUT2D eigenvalue weighted by atomic mass is 16.2. The molecule has 4 rings (SSSR count). The fraction of sp³-hybridized carbons (Fsp3) is 0.286. The molecule has 0 aliphatic carbocycles. The van der Waals surface area contributed by atoms with Crippen molar-refractivity contribution < 1.29 is 4.79 Å². The van der Waals surface area contributed by atoms with Gasteiger partial charge in [-0.15, -0.1) is 0 Å². The first-order chi connectivity index (χ1) is 12.6. The first kappa shape index (κ1) is 16.7. The van der Waals surface area contributed by atoms with Crippen molar-refractivity contribution in [3.63, 3.8) is 0 Å². The molecule has 0 atom stereocenters. The molecule has 0 radical (unpaired) electrons. The Hall–Kier alpha value is -2.79. The van der Waals surface area contributed by atoms with Gasteiger partial charge in [0.05, 0.1) is 5.57 Å². The number of fused-ring (bicyclic) bond motifs is 1. The van der Waals surface area contributed by atoms with Gasteiger partial charge in [0.15, 0.2) is 0 Å². The topological polar surface area (TPSA) is 70.4 Å². The van der Waals surface area contributed by atoms with Crippen LogP contribution in [-0.4, -0.2) is 23.9 Å². The number of likely N-dealkylation sites (tertiary alicyclic amines) is 1. The largest absolute Gasteiger partial charge is 0.399 e. The molecule has 0 spiro atoms. The molecule has 26 heavy (non-hydrogen) atoms. The van der Waals surface area contributed by atoms with Gasteiger partial charge >= 0.3 is 0 Å². The van der Waals surface area contributed by atoms with Crippen LogP contribution in [0.25, 0.3) is 5.57 Å². The second kappa shape index (κ2) is 6.84. The minimum Gasteiger partial charge on any atom is -0.399 e. The van der Waals surface area contributed by atoms with Gasteiger partial charge in [0.2, 0.25) is 0 Å². The lowest BCUT2D eigenvalue weighted by molar-refractivity contribution is -0.110. The molecule has 4 N–H and O–H groups in total. The Morgan fingerprint density at radius 2 is 1.88 bits per heavy atom. The molecule has 2 heterocycles. The van der Waals surface area contributed by atoms with Crippen LogP contribution in [0.2, 0.25) is 0 Å². The van der Waals surface area contributed by atoms with Crippen molar-refractivity contribution in [1.29, 1.82) is 0 Å². The van der Waals surface area contributed by atoms with Gasteiger partial charge in [0, 0.05) is 34.9 Å². The molecule has 0 aromatic heterocycles. The van der Waals surface area contributed by atoms with E-state index in [4.69, 9.17) is 5.73 Å². The van der Waals surface area contributed by atoms with Crippen molar-refractivity contribution in [3.8, 4) is 0 Å². The number of rotatable bonds is 4. The number of benzene rings is 2. The lowest BCUT2D eigenvalue weighted by Gasteiger charge is -2.15. The minimum absolute atomic E-state index is 0.0961. The number of carbonyl (C=O) groups excluding carboxylic acids is 1. The first-order valence-electron chi connectivity index (χ1n) is 9.10. The van der Waals surface area contributed by atoms with Gasteiger partial charge in [-0.25, -0.2) is 0 Å². The number of nitrogens with zero attached hydrogens (tertiary/aromatic N) is 1. The van der Waals surface area contributed by atoms with Gasteiger partial charge < -0.3 is 16.4 Å². The highest BCUT2D eigenvalue weighted by Gasteiger charge is 2.26. The molecule has 0 saturated carbocycles. The predicted octanol–water partition coefficient (Wildman–Crippen LogP) is 3.66. The summed E-state index contributed by atoms with van der Waals surface area (Å²) in [6.07, 6.45) is 2.61. The van der Waals surface area contributed by atoms with Crippen LogP contribution in [-0.2, 0) is 11.3 Å². The molecule has 0 unspecified atom stereocenters. The lowest BCUT2D eigenvalue weighted by atomic mass is 10.0. The van der Waals surface area contributed by atoms with Crippen molar-refractivity contribution in [2.75, 3.05) is 29.5 Å². The normalized spacial score (nSPS) is 18.6. The lowest BCUT2D eigenvalue weighted by Crippen LogP contribution is -2.18. The predicted molar refractivity (Wildman–Crippen MR) is 107 cm³/mol. The zero-order chi connectivity index (χ0) is 18.1. The van der Waals surface area contributed by atoms with E-state index >= 15 is 0 Å². The quantitative estimate of drug-likeness (QED) is 0.582. The summed E-state index contributed by atoms with van der Waals surface area (Å²) in [4.78, 5) is 14.9. The van der Waals surface area contributed by atoms with E-state index in [1.54, 1.807) is 6.07 Å². The van der Waals surface area contributed by atoms with Crippen molar-refractivity contribution in [2.45, 2.75) is 26.3 Å². The second-order valence-electron chi connectivity index (χ2n) is 7.06. The van der Waals surface area contributed by atoms with Gasteiger partial charge in [-0.05, 0) is 68.8 Å². The SMILES string of the molecule is CC(Nc1ccc(CN2CCCC2)cc1)=C1C(=O)Nc2ccc(N)cc21. The van der Waals surface area contributed by atoms with Crippen molar-refractivity contribution in [3.05, 3.63) is 59.3 Å². The average Bonchev–Trinajstić information content (AvgIpc) is 3.23. The zero-order valence-electron chi connectivity index (χ0n) is 15.0. The van der Waals surface area contributed by atoms with Crippen LogP contribution < -0.4 is 16.4 Å². The summed E-state index contributed by atoms with van der Waals surface area (Å²) in [6, 6.07) is 13.9. The molecule has 1 fully saturated rings. The van der Waals surface area contributed by atoms with E-state index in [2.05, 4.69) is 39.8 Å². The van der Waals surface area contributed by atoms with E-state index in [1.807, 2.05) is 19.1 Å². The van der Waals surface area contributed by atoms with Crippen LogP contribution in [0.5, 0.6) is 0 Å². The summed E-state index contributed by atoms with van der Waals surface area (Å²) >= 11 is 0. The zero-order valence-corrected chi connectivity index (χ0v) is 15.0. The molecular weight excluding hydrogens is 324 g/mol. The Morgan fingerprint density at radius 1 is 1.15 bits per heavy atom. The van der Waals surface area contributed by atoms with Crippen molar-refractivity contribution >= 4 is 28.5 Å². The maximum Gasteiger partial charge on any atom is 0.258 e. The molecule has 134 valence electrons. The molecule has 5 heteroatoms. The molecule has 0 bridgehead atoms. The fourth-order valence-electron chi connectivity index (χ4n) is 3.73. The standard InChI is InChI=1S/C21H24N4O/c1-14(20-18-12-16(22)6-9-19(18)24-21(20)26)23-17-7-4-15(5-8-17)13-25-10-2-3-11-25/h4-9,12,23H,2-3,10-11,13,22H2,1H3,(H,24,26). The maximum atomic E-state index is 12.4. The van der Waals surface area contributed by atoms with Gasteiger partial charge in [-0.1, -0.05) is 12.1 Å². The number of nitrogen functional groups attached to an aromatic ring is 1. The molecule has 2 aromatic carbocycles. The first-order valence-corrected chi connectivity index (χ1v) is 9.10. The number of allylic oxidation sites excluding steroid dienone is 1. The van der Waals surface area contributed by atoms with Crippen LogP contribution in [0.4, 0.5) is 17.1 Å². The molecule has 2 aromatic rings. The van der Waals surface area contributed by atoms with Gasteiger partial charge in [-0.2, -0.15) is 0 Å². The molecule has 1 saturated heterocycles. The van der Waals surface area contributed by atoms with Gasteiger partial charge in [0.1, 0.15) is 0 Å². The number of hydrogen-bond acceptors (Lipinski definition) is 4. The Bertz CT molecular complexity index is 864. The molecular formula is C21H24N4O. The third kappa shape index (κ3) is 3.30. The molecule has 5 nitrogen and oxygen atoms in total. The Labute approximate surface area is 153 Å². The summed E-state index contributed by atoms with van der Waals surface area (Å²) in [7, 11) is 0. The van der Waals surface area contributed by atoms with Crippen LogP contribution in [0.15, 0.2) is 48.2 Å². The van der Waals surface area contributed by atoms with E-state index in [9.17, 15) is 4.79 Å². The van der Waals surface area contributed by atoms with E-state index < -0.39 is 0 Å². The van der Waals surface area contributed by atoms with E-state index in [-0.39, 0.29) is 5.91 Å². The number of nitrogens with one attached hydrogen (secondary N) is 2. The molecule has 2 aliphatic rings. The maximum absolute atomic E-state index is 12.4. The number of nitrogens with two attached hydrogens (primary N) is 1. The van der Waals surface area contributed by atoms with Crippen molar-refractivity contribution in [2.24, 2.45) is 0 Å². The Balaban J connectivity index is 1.52. The minimum atomic E-state index is -0.0961.